The summed E-state index contributed by atoms with van der Waals surface area (Å²) in [6.07, 6.45) is 3.02. The van der Waals surface area contributed by atoms with E-state index in [9.17, 15) is 0 Å². The molecule has 0 bridgehead atoms. The topological polar surface area (TPSA) is 18.5 Å². The molecule has 4 aromatic carbocycles. The fraction of sp³-hybridized carbons (Fsp3) is 0.161. The van der Waals surface area contributed by atoms with Crippen molar-refractivity contribution in [3.05, 3.63) is 103 Å². The van der Waals surface area contributed by atoms with Gasteiger partial charge in [-0.25, -0.2) is 0 Å². The van der Waals surface area contributed by atoms with Crippen molar-refractivity contribution in [1.29, 1.82) is 0 Å². The van der Waals surface area contributed by atoms with E-state index >= 15 is 0 Å². The predicted molar refractivity (Wildman–Crippen MR) is 144 cm³/mol. The Kier molecular flexibility index (Phi) is 4.90. The molecule has 34 heavy (non-hydrogen) atoms. The van der Waals surface area contributed by atoms with Crippen LogP contribution in [-0.4, -0.2) is 12.8 Å². The smallest absolute Gasteiger partial charge is 0.177 e. The minimum absolute atomic E-state index is 0.0726. The number of rotatable bonds is 4. The number of allylic oxidation sites excluding steroid dienone is 1. The number of hydrogen-bond donors (Lipinski definition) is 0. The van der Waals surface area contributed by atoms with E-state index in [1.807, 2.05) is 18.2 Å². The lowest BCUT2D eigenvalue weighted by atomic mass is 9.82. The van der Waals surface area contributed by atoms with E-state index in [2.05, 4.69) is 93.8 Å². The number of fused-ring (bicyclic) bond motifs is 5. The van der Waals surface area contributed by atoms with Gasteiger partial charge < -0.3 is 9.47 Å². The first-order valence-electron chi connectivity index (χ1n) is 11.7. The van der Waals surface area contributed by atoms with Crippen LogP contribution >= 0.6 is 7.92 Å². The summed E-state index contributed by atoms with van der Waals surface area (Å²) in [5, 5.41) is 1.36. The lowest BCUT2D eigenvalue weighted by Crippen LogP contribution is -2.15. The van der Waals surface area contributed by atoms with E-state index < -0.39 is 0 Å². The monoisotopic (exact) mass is 462 g/mol. The van der Waals surface area contributed by atoms with Crippen LogP contribution in [0.1, 0.15) is 25.0 Å². The molecule has 0 amide bonds. The summed E-state index contributed by atoms with van der Waals surface area (Å²) < 4.78 is 13.0. The summed E-state index contributed by atoms with van der Waals surface area (Å²) in [7, 11) is -0.263. The summed E-state index contributed by atoms with van der Waals surface area (Å²) in [6.45, 7) is 10.8. The molecule has 0 aromatic heterocycles. The highest BCUT2D eigenvalue weighted by molar-refractivity contribution is 7.65. The van der Waals surface area contributed by atoms with Crippen LogP contribution < -0.4 is 14.8 Å². The number of hydrogen-bond acceptors (Lipinski definition) is 2. The van der Waals surface area contributed by atoms with E-state index in [0.29, 0.717) is 0 Å². The van der Waals surface area contributed by atoms with Gasteiger partial charge in [-0.3, -0.25) is 0 Å². The molecule has 0 spiro atoms. The zero-order chi connectivity index (χ0) is 23.4. The summed E-state index contributed by atoms with van der Waals surface area (Å²) in [6, 6.07) is 27.9. The van der Waals surface area contributed by atoms with E-state index in [0.717, 1.165) is 40.3 Å². The molecule has 0 fully saturated rings. The lowest BCUT2D eigenvalue weighted by Gasteiger charge is -2.26. The van der Waals surface area contributed by atoms with Crippen molar-refractivity contribution in [2.45, 2.75) is 19.3 Å². The fourth-order valence-electron chi connectivity index (χ4n) is 5.23. The van der Waals surface area contributed by atoms with Crippen molar-refractivity contribution < 1.29 is 9.47 Å². The van der Waals surface area contributed by atoms with Crippen molar-refractivity contribution in [2.75, 3.05) is 12.8 Å². The molecule has 1 unspecified atom stereocenters. The van der Waals surface area contributed by atoms with Crippen molar-refractivity contribution >= 4 is 13.2 Å². The van der Waals surface area contributed by atoms with Gasteiger partial charge in [-0.15, -0.1) is 6.58 Å². The Bertz CT molecular complexity index is 1450. The summed E-state index contributed by atoms with van der Waals surface area (Å²) in [4.78, 5) is 0. The highest BCUT2D eigenvalue weighted by Gasteiger charge is 2.37. The van der Waals surface area contributed by atoms with Gasteiger partial charge in [0.05, 0.1) is 0 Å². The Morgan fingerprint density at radius 3 is 2.38 bits per heavy atom. The van der Waals surface area contributed by atoms with Crippen LogP contribution in [-0.2, 0) is 5.41 Å². The fourth-order valence-corrected chi connectivity index (χ4v) is 6.53. The zero-order valence-electron chi connectivity index (χ0n) is 19.8. The molecule has 0 radical (unpaired) electrons. The Balaban J connectivity index is 1.44. The molecule has 1 aliphatic carbocycles. The molecular formula is C31H27O2P. The largest absolute Gasteiger partial charge is 0.449 e. The average molecular weight is 463 g/mol. The number of ether oxygens (including phenoxy) is 2. The van der Waals surface area contributed by atoms with Crippen molar-refractivity contribution in [3.63, 3.8) is 0 Å². The Morgan fingerprint density at radius 1 is 0.765 bits per heavy atom. The van der Waals surface area contributed by atoms with Gasteiger partial charge in [-0.2, -0.15) is 0 Å². The van der Waals surface area contributed by atoms with Crippen LogP contribution in [0.4, 0.5) is 0 Å². The molecule has 2 nitrogen and oxygen atoms in total. The molecule has 4 aromatic rings. The molecular weight excluding hydrogens is 435 g/mol. The van der Waals surface area contributed by atoms with Crippen LogP contribution in [0.2, 0.25) is 0 Å². The SMILES string of the molecule is C=CCP(C)c1cccc(-c2cccc3c2Oc2cc4c(cc2O3)C(C)(C)c2ccccc2-4)c1. The van der Waals surface area contributed by atoms with Gasteiger partial charge >= 0.3 is 0 Å². The minimum atomic E-state index is -0.263. The van der Waals surface area contributed by atoms with Crippen LogP contribution in [0.15, 0.2) is 91.5 Å². The molecule has 1 aliphatic heterocycles. The lowest BCUT2D eigenvalue weighted by molar-refractivity contribution is 0.360. The van der Waals surface area contributed by atoms with Gasteiger partial charge in [-0.1, -0.05) is 82.4 Å². The van der Waals surface area contributed by atoms with E-state index in [1.165, 1.54) is 27.6 Å². The third-order valence-electron chi connectivity index (χ3n) is 7.06. The summed E-state index contributed by atoms with van der Waals surface area (Å²) >= 11 is 0. The zero-order valence-corrected chi connectivity index (χ0v) is 20.7. The van der Waals surface area contributed by atoms with Gasteiger partial charge in [0.15, 0.2) is 23.0 Å². The second kappa shape index (κ2) is 7.86. The molecule has 168 valence electrons. The standard InChI is InChI=1S/C31H27O2P/c1-5-16-34(4)21-11-8-10-20(17-21)22-13-9-15-27-30(22)33-28-18-24-23-12-6-7-14-25(23)31(2,3)26(24)19-29(28)32-27/h5-15,17-19H,1,16H2,2-4H3. The first-order chi connectivity index (χ1) is 16.5. The maximum Gasteiger partial charge on any atom is 0.177 e. The quantitative estimate of drug-likeness (QED) is 0.197. The maximum absolute atomic E-state index is 6.58. The highest BCUT2D eigenvalue weighted by atomic mass is 31.1. The van der Waals surface area contributed by atoms with Gasteiger partial charge in [0, 0.05) is 11.0 Å². The predicted octanol–water partition coefficient (Wildman–Crippen LogP) is 8.48. The van der Waals surface area contributed by atoms with Crippen LogP contribution in [0.5, 0.6) is 23.0 Å². The van der Waals surface area contributed by atoms with Crippen LogP contribution in [0.25, 0.3) is 22.3 Å². The van der Waals surface area contributed by atoms with E-state index in [1.54, 1.807) is 0 Å². The second-order valence-corrected chi connectivity index (χ2v) is 11.8. The molecule has 3 heteroatoms. The summed E-state index contributed by atoms with van der Waals surface area (Å²) in [5.74, 6) is 3.09. The van der Waals surface area contributed by atoms with Crippen molar-refractivity contribution in [1.82, 2.24) is 0 Å². The number of para-hydroxylation sites is 1. The van der Waals surface area contributed by atoms with Crippen molar-refractivity contribution in [3.8, 4) is 45.3 Å². The van der Waals surface area contributed by atoms with Gasteiger partial charge in [0.1, 0.15) is 0 Å². The molecule has 0 N–H and O–H groups in total. The Labute approximate surface area is 202 Å². The maximum atomic E-state index is 6.58. The van der Waals surface area contributed by atoms with E-state index in [4.69, 9.17) is 9.47 Å². The van der Waals surface area contributed by atoms with Gasteiger partial charge in [0.2, 0.25) is 0 Å². The molecule has 1 heterocycles. The van der Waals surface area contributed by atoms with Crippen LogP contribution in [0.3, 0.4) is 0 Å². The average Bonchev–Trinajstić information content (AvgIpc) is 3.07. The highest BCUT2D eigenvalue weighted by Crippen LogP contribution is 2.56. The van der Waals surface area contributed by atoms with Gasteiger partial charge in [0.25, 0.3) is 0 Å². The second-order valence-electron chi connectivity index (χ2n) is 9.57. The number of benzene rings is 4. The first-order valence-corrected chi connectivity index (χ1v) is 13.6. The Morgan fingerprint density at radius 2 is 1.53 bits per heavy atom. The molecule has 6 rings (SSSR count). The molecule has 0 saturated heterocycles. The third kappa shape index (κ3) is 3.21. The normalized spacial score (nSPS) is 15.1. The van der Waals surface area contributed by atoms with Gasteiger partial charge in [-0.05, 0) is 70.2 Å². The molecule has 1 atom stereocenters. The van der Waals surface area contributed by atoms with E-state index in [-0.39, 0.29) is 13.3 Å². The molecule has 0 saturated carbocycles. The minimum Gasteiger partial charge on any atom is -0.449 e. The first kappa shape index (κ1) is 21.2. The summed E-state index contributed by atoms with van der Waals surface area (Å²) in [5.41, 5.74) is 7.25. The van der Waals surface area contributed by atoms with Crippen molar-refractivity contribution in [2.24, 2.45) is 0 Å². The van der Waals surface area contributed by atoms with Crippen LogP contribution in [0, 0.1) is 0 Å². The molecule has 2 aliphatic rings. The Hall–Kier alpha value is -3.35. The third-order valence-corrected chi connectivity index (χ3v) is 9.03.